The van der Waals surface area contributed by atoms with Crippen molar-refractivity contribution in [3.05, 3.63) is 21.9 Å². The summed E-state index contributed by atoms with van der Waals surface area (Å²) in [4.78, 5) is 15.3. The van der Waals surface area contributed by atoms with Crippen LogP contribution in [0.15, 0.2) is 11.4 Å². The molecule has 2 heterocycles. The summed E-state index contributed by atoms with van der Waals surface area (Å²) in [6, 6.07) is 2.27. The second kappa shape index (κ2) is 6.74. The van der Waals surface area contributed by atoms with E-state index in [1.54, 1.807) is 0 Å². The highest BCUT2D eigenvalue weighted by molar-refractivity contribution is 7.12. The molecule has 0 spiro atoms. The highest BCUT2D eigenvalue weighted by Gasteiger charge is 2.29. The molecule has 1 aromatic heterocycles. The first kappa shape index (κ1) is 14.1. The summed E-state index contributed by atoms with van der Waals surface area (Å²) in [6.45, 7) is 3.05. The molecule has 1 fully saturated rings. The fraction of sp³-hybridized carbons (Fsp3) is 0.533. The fourth-order valence-electron chi connectivity index (χ4n) is 2.44. The molecule has 19 heavy (non-hydrogen) atoms. The Labute approximate surface area is 118 Å². The minimum Gasteiger partial charge on any atom is -0.395 e. The first-order valence-electron chi connectivity index (χ1n) is 6.76. The fourth-order valence-corrected chi connectivity index (χ4v) is 3.25. The van der Waals surface area contributed by atoms with Gasteiger partial charge in [-0.1, -0.05) is 18.8 Å². The Bertz CT molecular complexity index is 498. The molecule has 1 aromatic rings. The predicted molar refractivity (Wildman–Crippen MR) is 77.2 cm³/mol. The standard InChI is InChI=1S/C15H19NO2S/c1-2-13-7-5-9-16(13)15(18)14-12(8-11-19-14)6-3-4-10-17/h8,11,13,17H,2,4-5,7,9-10H2,1H3. The number of hydrogen-bond acceptors (Lipinski definition) is 3. The first-order chi connectivity index (χ1) is 9.27. The van der Waals surface area contributed by atoms with E-state index in [0.29, 0.717) is 12.5 Å². The molecule has 0 radical (unpaired) electrons. The zero-order valence-electron chi connectivity index (χ0n) is 11.2. The Hall–Kier alpha value is -1.31. The van der Waals surface area contributed by atoms with Crippen LogP contribution in [0.25, 0.3) is 0 Å². The minimum absolute atomic E-state index is 0.0600. The zero-order chi connectivity index (χ0) is 13.7. The Morgan fingerprint density at radius 1 is 1.63 bits per heavy atom. The molecule has 0 aromatic carbocycles. The quantitative estimate of drug-likeness (QED) is 0.862. The van der Waals surface area contributed by atoms with E-state index in [-0.39, 0.29) is 12.5 Å². The molecule has 1 atom stereocenters. The summed E-state index contributed by atoms with van der Waals surface area (Å²) in [5.41, 5.74) is 0.796. The van der Waals surface area contributed by atoms with Crippen molar-refractivity contribution in [3.63, 3.8) is 0 Å². The normalized spacial score (nSPS) is 18.2. The average molecular weight is 277 g/mol. The molecule has 1 N–H and O–H groups in total. The maximum absolute atomic E-state index is 12.6. The van der Waals surface area contributed by atoms with Gasteiger partial charge in [0, 0.05) is 24.6 Å². The van der Waals surface area contributed by atoms with Crippen molar-refractivity contribution in [3.8, 4) is 11.8 Å². The van der Waals surface area contributed by atoms with Gasteiger partial charge in [0.1, 0.15) is 4.88 Å². The highest BCUT2D eigenvalue weighted by Crippen LogP contribution is 2.25. The van der Waals surface area contributed by atoms with E-state index in [4.69, 9.17) is 5.11 Å². The Balaban J connectivity index is 2.16. The number of carbonyl (C=O) groups excluding carboxylic acids is 1. The van der Waals surface area contributed by atoms with E-state index in [1.165, 1.54) is 11.3 Å². The Kier molecular flexibility index (Phi) is 5.00. The molecule has 1 amide bonds. The van der Waals surface area contributed by atoms with Gasteiger partial charge in [-0.05, 0) is 30.7 Å². The Morgan fingerprint density at radius 3 is 3.21 bits per heavy atom. The molecule has 0 bridgehead atoms. The van der Waals surface area contributed by atoms with Gasteiger partial charge in [0.25, 0.3) is 5.91 Å². The molecular formula is C15H19NO2S. The topological polar surface area (TPSA) is 40.5 Å². The van der Waals surface area contributed by atoms with Gasteiger partial charge in [0.15, 0.2) is 0 Å². The van der Waals surface area contributed by atoms with E-state index >= 15 is 0 Å². The van der Waals surface area contributed by atoms with Crippen LogP contribution in [-0.2, 0) is 0 Å². The Morgan fingerprint density at radius 2 is 2.47 bits per heavy atom. The molecule has 1 unspecified atom stereocenters. The van der Waals surface area contributed by atoms with Crippen molar-refractivity contribution in [1.82, 2.24) is 4.90 Å². The average Bonchev–Trinajstić information content (AvgIpc) is 3.06. The molecule has 1 aliphatic heterocycles. The number of amides is 1. The molecule has 0 aliphatic carbocycles. The third-order valence-electron chi connectivity index (χ3n) is 3.43. The van der Waals surface area contributed by atoms with Gasteiger partial charge in [0.05, 0.1) is 6.61 Å². The second-order valence-electron chi connectivity index (χ2n) is 4.64. The second-order valence-corrected chi connectivity index (χ2v) is 5.56. The van der Waals surface area contributed by atoms with E-state index < -0.39 is 0 Å². The lowest BCUT2D eigenvalue weighted by molar-refractivity contribution is 0.0738. The molecule has 2 rings (SSSR count). The van der Waals surface area contributed by atoms with Crippen LogP contribution in [-0.4, -0.2) is 35.1 Å². The van der Waals surface area contributed by atoms with Crippen LogP contribution >= 0.6 is 11.3 Å². The van der Waals surface area contributed by atoms with Gasteiger partial charge in [-0.3, -0.25) is 4.79 Å². The molecule has 1 saturated heterocycles. The van der Waals surface area contributed by atoms with Gasteiger partial charge in [-0.2, -0.15) is 0 Å². The van der Waals surface area contributed by atoms with Crippen LogP contribution in [0.4, 0.5) is 0 Å². The van der Waals surface area contributed by atoms with Crippen LogP contribution in [0.3, 0.4) is 0 Å². The third-order valence-corrected chi connectivity index (χ3v) is 4.33. The third kappa shape index (κ3) is 3.17. The van der Waals surface area contributed by atoms with Crippen molar-refractivity contribution < 1.29 is 9.90 Å². The van der Waals surface area contributed by atoms with Crippen LogP contribution in [0.2, 0.25) is 0 Å². The number of likely N-dealkylation sites (tertiary alicyclic amines) is 1. The van der Waals surface area contributed by atoms with E-state index in [9.17, 15) is 4.79 Å². The van der Waals surface area contributed by atoms with Crippen molar-refractivity contribution >= 4 is 17.2 Å². The van der Waals surface area contributed by atoms with Crippen molar-refractivity contribution in [2.45, 2.75) is 38.6 Å². The van der Waals surface area contributed by atoms with Gasteiger partial charge < -0.3 is 10.0 Å². The van der Waals surface area contributed by atoms with Crippen molar-refractivity contribution in [2.24, 2.45) is 0 Å². The van der Waals surface area contributed by atoms with Gasteiger partial charge in [-0.15, -0.1) is 11.3 Å². The number of aliphatic hydroxyl groups excluding tert-OH is 1. The summed E-state index contributed by atoms with van der Waals surface area (Å²) in [5.74, 6) is 5.99. The lowest BCUT2D eigenvalue weighted by atomic mass is 10.1. The molecular weight excluding hydrogens is 258 g/mol. The molecule has 3 nitrogen and oxygen atoms in total. The largest absolute Gasteiger partial charge is 0.395 e. The zero-order valence-corrected chi connectivity index (χ0v) is 12.0. The summed E-state index contributed by atoms with van der Waals surface area (Å²) in [6.07, 6.45) is 3.67. The molecule has 0 saturated carbocycles. The van der Waals surface area contributed by atoms with Crippen LogP contribution in [0.5, 0.6) is 0 Å². The van der Waals surface area contributed by atoms with Gasteiger partial charge >= 0.3 is 0 Å². The van der Waals surface area contributed by atoms with Crippen LogP contribution in [0, 0.1) is 11.8 Å². The van der Waals surface area contributed by atoms with Crippen LogP contribution in [0.1, 0.15) is 47.8 Å². The van der Waals surface area contributed by atoms with Gasteiger partial charge in [-0.25, -0.2) is 0 Å². The predicted octanol–water partition coefficient (Wildman–Crippen LogP) is 2.50. The number of nitrogens with zero attached hydrogens (tertiary/aromatic N) is 1. The summed E-state index contributed by atoms with van der Waals surface area (Å²) in [7, 11) is 0. The molecule has 102 valence electrons. The number of carbonyl (C=O) groups is 1. The summed E-state index contributed by atoms with van der Waals surface area (Å²) < 4.78 is 0. The molecule has 4 heteroatoms. The summed E-state index contributed by atoms with van der Waals surface area (Å²) in [5, 5.41) is 10.6. The van der Waals surface area contributed by atoms with Crippen molar-refractivity contribution in [1.29, 1.82) is 0 Å². The van der Waals surface area contributed by atoms with Gasteiger partial charge in [0.2, 0.25) is 0 Å². The monoisotopic (exact) mass is 277 g/mol. The SMILES string of the molecule is CCC1CCCN1C(=O)c1sccc1C#CCCO. The number of rotatable bonds is 3. The first-order valence-corrected chi connectivity index (χ1v) is 7.64. The lowest BCUT2D eigenvalue weighted by Gasteiger charge is -2.23. The smallest absolute Gasteiger partial charge is 0.265 e. The van der Waals surface area contributed by atoms with Crippen molar-refractivity contribution in [2.75, 3.05) is 13.2 Å². The summed E-state index contributed by atoms with van der Waals surface area (Å²) >= 11 is 1.46. The maximum atomic E-state index is 12.6. The van der Waals surface area contributed by atoms with E-state index in [2.05, 4.69) is 18.8 Å². The highest BCUT2D eigenvalue weighted by atomic mass is 32.1. The maximum Gasteiger partial charge on any atom is 0.265 e. The number of thiophene rings is 1. The number of hydrogen-bond donors (Lipinski definition) is 1. The van der Waals surface area contributed by atoms with Crippen LogP contribution < -0.4 is 0 Å². The lowest BCUT2D eigenvalue weighted by Crippen LogP contribution is -2.34. The number of aliphatic hydroxyl groups is 1. The van der Waals surface area contributed by atoms with E-state index in [0.717, 1.165) is 36.2 Å². The van der Waals surface area contributed by atoms with E-state index in [1.807, 2.05) is 16.3 Å². The molecule has 1 aliphatic rings. The minimum atomic E-state index is 0.0600.